The molecule has 1 aliphatic heterocycles. The van der Waals surface area contributed by atoms with Crippen molar-refractivity contribution in [1.29, 1.82) is 0 Å². The molecule has 2 atom stereocenters. The fourth-order valence-corrected chi connectivity index (χ4v) is 3.42. The monoisotopic (exact) mass is 287 g/mol. The summed E-state index contributed by atoms with van der Waals surface area (Å²) >= 11 is 0. The number of hydrogen-bond acceptors (Lipinski definition) is 3. The summed E-state index contributed by atoms with van der Waals surface area (Å²) in [6.45, 7) is 12.5. The summed E-state index contributed by atoms with van der Waals surface area (Å²) in [7, 11) is -1.93. The molecule has 0 aromatic heterocycles. The zero-order valence-corrected chi connectivity index (χ0v) is 13.7. The molecule has 110 valence electrons. The Bertz CT molecular complexity index is 353. The van der Waals surface area contributed by atoms with Crippen molar-refractivity contribution in [2.75, 3.05) is 6.54 Å². The van der Waals surface area contributed by atoms with E-state index in [1.165, 1.54) is 11.8 Å². The Morgan fingerprint density at radius 1 is 1.32 bits per heavy atom. The molecule has 1 fully saturated rings. The molecule has 0 unspecified atom stereocenters. The van der Waals surface area contributed by atoms with Gasteiger partial charge in [0.05, 0.1) is 6.10 Å². The van der Waals surface area contributed by atoms with E-state index in [1.807, 2.05) is 0 Å². The fourth-order valence-electron chi connectivity index (χ4n) is 2.06. The predicted octanol–water partition coefficient (Wildman–Crippen LogP) is 2.08. The highest BCUT2D eigenvalue weighted by Gasteiger charge is 2.44. The zero-order valence-electron chi connectivity index (χ0n) is 12.7. The molecular weight excluding hydrogens is 262 g/mol. The van der Waals surface area contributed by atoms with Gasteiger partial charge in [0.2, 0.25) is 5.91 Å². The van der Waals surface area contributed by atoms with Crippen LogP contribution < -0.4 is 0 Å². The van der Waals surface area contributed by atoms with Gasteiger partial charge in [-0.2, -0.15) is 0 Å². The van der Waals surface area contributed by atoms with Crippen molar-refractivity contribution in [3.63, 3.8) is 0 Å². The van der Waals surface area contributed by atoms with Crippen LogP contribution >= 0.6 is 0 Å². The van der Waals surface area contributed by atoms with E-state index in [1.54, 1.807) is 0 Å². The highest BCUT2D eigenvalue weighted by Crippen LogP contribution is 2.38. The first kappa shape index (κ1) is 16.2. The Labute approximate surface area is 116 Å². The van der Waals surface area contributed by atoms with Gasteiger partial charge in [-0.15, -0.1) is 0 Å². The highest BCUT2D eigenvalue weighted by molar-refractivity contribution is 6.74. The minimum absolute atomic E-state index is 0.0787. The molecule has 1 N–H and O–H groups in total. The quantitative estimate of drug-likeness (QED) is 0.807. The van der Waals surface area contributed by atoms with Crippen LogP contribution in [0.25, 0.3) is 0 Å². The normalized spacial score (nSPS) is 24.6. The number of nitrogens with zero attached hydrogens (tertiary/aromatic N) is 1. The van der Waals surface area contributed by atoms with Crippen LogP contribution in [0, 0.1) is 0 Å². The van der Waals surface area contributed by atoms with Gasteiger partial charge < -0.3 is 14.4 Å². The molecule has 0 spiro atoms. The molecule has 6 heteroatoms. The summed E-state index contributed by atoms with van der Waals surface area (Å²) in [6, 6.07) is -0.743. The maximum atomic E-state index is 11.5. The Morgan fingerprint density at radius 3 is 2.16 bits per heavy atom. The molecule has 0 radical (unpaired) electrons. The molecule has 1 aliphatic rings. The van der Waals surface area contributed by atoms with E-state index in [4.69, 9.17) is 4.43 Å². The first-order valence-electron chi connectivity index (χ1n) is 6.63. The molecule has 0 bridgehead atoms. The molecular formula is C13H25NO4Si. The lowest BCUT2D eigenvalue weighted by molar-refractivity contribution is -0.147. The van der Waals surface area contributed by atoms with Crippen LogP contribution in [-0.2, 0) is 14.0 Å². The molecule has 1 saturated heterocycles. The van der Waals surface area contributed by atoms with E-state index < -0.39 is 20.3 Å². The number of carboxylic acid groups (broad SMARTS) is 1. The second-order valence-corrected chi connectivity index (χ2v) is 11.5. The average molecular weight is 287 g/mol. The van der Waals surface area contributed by atoms with Gasteiger partial charge in [-0.1, -0.05) is 20.8 Å². The number of carbonyl (C=O) groups is 2. The van der Waals surface area contributed by atoms with Crippen LogP contribution in [0.1, 0.15) is 34.1 Å². The lowest BCUT2D eigenvalue weighted by atomic mass is 10.2. The van der Waals surface area contributed by atoms with Crippen molar-refractivity contribution in [3.8, 4) is 0 Å². The molecule has 0 aliphatic carbocycles. The van der Waals surface area contributed by atoms with Gasteiger partial charge in [0.25, 0.3) is 0 Å². The smallest absolute Gasteiger partial charge is 0.326 e. The van der Waals surface area contributed by atoms with E-state index in [9.17, 15) is 14.7 Å². The van der Waals surface area contributed by atoms with E-state index in [0.29, 0.717) is 13.0 Å². The molecule has 19 heavy (non-hydrogen) atoms. The van der Waals surface area contributed by atoms with Crippen LogP contribution in [0.3, 0.4) is 0 Å². The van der Waals surface area contributed by atoms with Crippen molar-refractivity contribution >= 4 is 20.2 Å². The summed E-state index contributed by atoms with van der Waals surface area (Å²) in [5, 5.41) is 9.25. The third-order valence-electron chi connectivity index (χ3n) is 4.22. The number of rotatable bonds is 3. The maximum absolute atomic E-state index is 11.5. The van der Waals surface area contributed by atoms with Gasteiger partial charge in [0, 0.05) is 19.9 Å². The third kappa shape index (κ3) is 3.57. The fraction of sp³-hybridized carbons (Fsp3) is 0.846. The molecule has 1 amide bonds. The predicted molar refractivity (Wildman–Crippen MR) is 75.5 cm³/mol. The molecule has 5 nitrogen and oxygen atoms in total. The lowest BCUT2D eigenvalue weighted by Crippen LogP contribution is -2.44. The number of carboxylic acids is 1. The van der Waals surface area contributed by atoms with Crippen LogP contribution in [0.5, 0.6) is 0 Å². The van der Waals surface area contributed by atoms with Crippen LogP contribution in [-0.4, -0.2) is 48.9 Å². The van der Waals surface area contributed by atoms with E-state index in [-0.39, 0.29) is 17.0 Å². The third-order valence-corrected chi connectivity index (χ3v) is 8.75. The van der Waals surface area contributed by atoms with Gasteiger partial charge in [-0.3, -0.25) is 4.79 Å². The lowest BCUT2D eigenvalue weighted by Gasteiger charge is -2.38. The summed E-state index contributed by atoms with van der Waals surface area (Å²) in [5.74, 6) is -1.15. The maximum Gasteiger partial charge on any atom is 0.326 e. The summed E-state index contributed by atoms with van der Waals surface area (Å²) in [4.78, 5) is 24.1. The molecule has 1 heterocycles. The minimum Gasteiger partial charge on any atom is -0.480 e. The standard InChI is InChI=1S/C13H25NO4Si/c1-9(15)14-8-10(7-11(14)12(16)17)18-19(5,6)13(2,3)4/h10-11H,7-8H2,1-6H3,(H,16,17)/t10-,11+/m1/s1. The molecule has 0 aromatic rings. The number of carbonyl (C=O) groups excluding carboxylic acids is 1. The van der Waals surface area contributed by atoms with E-state index in [0.717, 1.165) is 0 Å². The van der Waals surface area contributed by atoms with Crippen LogP contribution in [0.15, 0.2) is 0 Å². The van der Waals surface area contributed by atoms with Gasteiger partial charge in [-0.25, -0.2) is 4.79 Å². The van der Waals surface area contributed by atoms with Gasteiger partial charge in [-0.05, 0) is 18.1 Å². The SMILES string of the molecule is CC(=O)N1C[C@H](O[Si](C)(C)C(C)(C)C)C[C@H]1C(=O)O. The van der Waals surface area contributed by atoms with Crippen molar-refractivity contribution < 1.29 is 19.1 Å². The average Bonchev–Trinajstić information content (AvgIpc) is 2.59. The van der Waals surface area contributed by atoms with Gasteiger partial charge >= 0.3 is 5.97 Å². The van der Waals surface area contributed by atoms with E-state index in [2.05, 4.69) is 33.9 Å². The molecule has 1 rings (SSSR count). The molecule has 0 saturated carbocycles. The van der Waals surface area contributed by atoms with Crippen LogP contribution in [0.2, 0.25) is 18.1 Å². The second kappa shape index (κ2) is 5.24. The largest absolute Gasteiger partial charge is 0.480 e. The number of amides is 1. The van der Waals surface area contributed by atoms with Gasteiger partial charge in [0.15, 0.2) is 8.32 Å². The minimum atomic E-state index is -1.93. The van der Waals surface area contributed by atoms with Crippen molar-refractivity contribution in [2.24, 2.45) is 0 Å². The summed E-state index contributed by atoms with van der Waals surface area (Å²) in [6.07, 6.45) is 0.229. The Kier molecular flexibility index (Phi) is 4.46. The topological polar surface area (TPSA) is 66.8 Å². The van der Waals surface area contributed by atoms with Crippen molar-refractivity contribution in [1.82, 2.24) is 4.90 Å². The Morgan fingerprint density at radius 2 is 1.84 bits per heavy atom. The Balaban J connectivity index is 2.79. The number of likely N-dealkylation sites (tertiary alicyclic amines) is 1. The van der Waals surface area contributed by atoms with E-state index >= 15 is 0 Å². The summed E-state index contributed by atoms with van der Waals surface area (Å²) < 4.78 is 6.21. The zero-order chi connectivity index (χ0) is 15.0. The summed E-state index contributed by atoms with van der Waals surface area (Å²) in [5.41, 5.74) is 0. The molecule has 0 aromatic carbocycles. The second-order valence-electron chi connectivity index (χ2n) is 6.76. The highest BCUT2D eigenvalue weighted by atomic mass is 28.4. The van der Waals surface area contributed by atoms with Crippen molar-refractivity contribution in [3.05, 3.63) is 0 Å². The Hall–Kier alpha value is -0.883. The van der Waals surface area contributed by atoms with Gasteiger partial charge in [0.1, 0.15) is 6.04 Å². The first-order valence-corrected chi connectivity index (χ1v) is 9.54. The van der Waals surface area contributed by atoms with Crippen LogP contribution in [0.4, 0.5) is 0 Å². The number of aliphatic carboxylic acids is 1. The van der Waals surface area contributed by atoms with Crippen molar-refractivity contribution in [2.45, 2.75) is 64.4 Å². The number of hydrogen-bond donors (Lipinski definition) is 1. The first-order chi connectivity index (χ1) is 8.45.